The molecule has 77 heavy (non-hydrogen) atoms. The quantitative estimate of drug-likeness (QED) is 0.0150. The van der Waals surface area contributed by atoms with Gasteiger partial charge in [0.15, 0.2) is 0 Å². The number of rotatable bonds is 55. The van der Waals surface area contributed by atoms with E-state index in [1.165, 1.54) is 231 Å². The highest BCUT2D eigenvalue weighted by molar-refractivity contribution is 5.85. The smallest absolute Gasteiger partial charge is 0.313 e. The molecule has 0 bridgehead atoms. The van der Waals surface area contributed by atoms with Gasteiger partial charge in [0.05, 0.1) is 37.5 Å². The van der Waals surface area contributed by atoms with Crippen LogP contribution in [0.25, 0.3) is 0 Å². The molecule has 460 valence electrons. The van der Waals surface area contributed by atoms with Gasteiger partial charge in [-0.1, -0.05) is 310 Å². The third-order valence-corrected chi connectivity index (χ3v) is 14.4. The first kappa shape index (κ1) is 81.4. The predicted molar refractivity (Wildman–Crippen MR) is 332 cm³/mol. The molecule has 0 aromatic heterocycles. The van der Waals surface area contributed by atoms with E-state index in [1.807, 2.05) is 12.2 Å². The first-order valence-corrected chi connectivity index (χ1v) is 32.8. The third kappa shape index (κ3) is 68.1. The molecule has 0 aromatic rings. The van der Waals surface area contributed by atoms with E-state index in [-0.39, 0.29) is 38.5 Å². The fourth-order valence-electron chi connectivity index (χ4n) is 9.15. The lowest BCUT2D eigenvalue weighted by molar-refractivity contribution is -0.159. The molecule has 0 heterocycles. The number of hydrogen-bond acceptors (Lipinski definition) is 9. The van der Waals surface area contributed by atoms with Crippen LogP contribution in [0.3, 0.4) is 0 Å². The number of carbonyl (C=O) groups excluding carboxylic acids is 3. The number of ether oxygens (including phenoxy) is 1. The van der Waals surface area contributed by atoms with Crippen molar-refractivity contribution in [3.63, 3.8) is 0 Å². The van der Waals surface area contributed by atoms with Gasteiger partial charge in [-0.3, -0.25) is 14.4 Å². The van der Waals surface area contributed by atoms with Gasteiger partial charge < -0.3 is 36.2 Å². The molecule has 0 aliphatic carbocycles. The number of nitrogens with two attached hydrogens (primary N) is 1. The van der Waals surface area contributed by atoms with Gasteiger partial charge in [0.2, 0.25) is 5.91 Å². The number of carbonyl (C=O) groups is 3. The van der Waals surface area contributed by atoms with E-state index in [4.69, 9.17) is 15.6 Å². The average Bonchev–Trinajstić information content (AvgIpc) is 3.41. The second-order valence-corrected chi connectivity index (χ2v) is 22.1. The number of hydrogen-bond donors (Lipinski definition) is 6. The SMILES string of the molecule is C.CCCCCCCCCC(=O)OC(=O)CCCCCCCCC.CCCCCCCCCCCCC/C=C/[C@@H](O)[C@@H](N)CO.CCCCCCCCCCCCC/C=C/[C@@H](O)[C@H](CO)NC(=O)CCCCCCCCC. The van der Waals surface area contributed by atoms with Gasteiger partial charge in [-0.25, -0.2) is 0 Å². The molecule has 0 unspecified atom stereocenters. The fourth-order valence-corrected chi connectivity index (χ4v) is 9.15. The van der Waals surface area contributed by atoms with Crippen molar-refractivity contribution in [2.75, 3.05) is 13.2 Å². The minimum atomic E-state index is -0.828. The molecular weight excluding hydrogens is 961 g/mol. The van der Waals surface area contributed by atoms with Gasteiger partial charge in [-0.15, -0.1) is 0 Å². The Morgan fingerprint density at radius 1 is 0.390 bits per heavy atom. The number of nitrogens with one attached hydrogen (secondary N) is 1. The lowest BCUT2D eigenvalue weighted by Crippen LogP contribution is -2.45. The lowest BCUT2D eigenvalue weighted by atomic mass is 10.0. The number of allylic oxidation sites excluding steroid dienone is 2. The number of amides is 1. The largest absolute Gasteiger partial charge is 0.395 e. The zero-order chi connectivity index (χ0) is 56.6. The van der Waals surface area contributed by atoms with Crippen LogP contribution in [-0.2, 0) is 19.1 Å². The second kappa shape index (κ2) is 70.0. The van der Waals surface area contributed by atoms with Crippen molar-refractivity contribution >= 4 is 17.8 Å². The Bertz CT molecular complexity index is 1200. The van der Waals surface area contributed by atoms with Crippen LogP contribution in [0, 0.1) is 0 Å². The highest BCUT2D eigenvalue weighted by Crippen LogP contribution is 2.16. The molecule has 10 nitrogen and oxygen atoms in total. The first-order valence-electron chi connectivity index (χ1n) is 32.8. The van der Waals surface area contributed by atoms with Crippen molar-refractivity contribution in [2.45, 2.75) is 375 Å². The summed E-state index contributed by atoms with van der Waals surface area (Å²) in [6, 6.07) is -1.17. The number of esters is 2. The summed E-state index contributed by atoms with van der Waals surface area (Å²) in [5, 5.41) is 40.9. The van der Waals surface area contributed by atoms with Gasteiger partial charge >= 0.3 is 11.9 Å². The molecule has 0 spiro atoms. The fraction of sp³-hybridized carbons (Fsp3) is 0.896. The molecule has 1 amide bonds. The Kier molecular flexibility index (Phi) is 74.0. The predicted octanol–water partition coefficient (Wildman–Crippen LogP) is 18.1. The van der Waals surface area contributed by atoms with E-state index in [1.54, 1.807) is 12.2 Å². The zero-order valence-corrected chi connectivity index (χ0v) is 51.0. The van der Waals surface area contributed by atoms with Crippen molar-refractivity contribution in [1.29, 1.82) is 0 Å². The van der Waals surface area contributed by atoms with Gasteiger partial charge in [0.25, 0.3) is 0 Å². The average molecular weight is 1100 g/mol. The standard InChI is InChI=1S/C28H55NO3.C20H38O3.C18H37NO2.CH4/c1-3-5-7-9-11-12-13-14-15-16-18-19-21-23-27(31)26(25-30)29-28(32)24-22-20-17-10-8-6-4-2;1-3-5-7-9-11-13-15-17-19(21)23-20(22)18-16-14-12-10-8-6-4-2;1-2-3-4-5-6-7-8-9-10-11-12-13-14-15-18(21)17(19)16-20;/h21,23,26-27,30-31H,3-20,22,24-25H2,1-2H3,(H,29,32);3-18H2,1-2H3;14-15,17-18,20-21H,2-13,16,19H2,1H3;1H4/b23-21+;;15-14+;/t26-,27+;;17-,18+;/m0.0./s1. The number of aliphatic hydroxyl groups is 4. The third-order valence-electron chi connectivity index (χ3n) is 14.4. The number of aliphatic hydroxyl groups excluding tert-OH is 4. The zero-order valence-electron chi connectivity index (χ0n) is 51.0. The Morgan fingerprint density at radius 2 is 0.649 bits per heavy atom. The summed E-state index contributed by atoms with van der Waals surface area (Å²) in [7, 11) is 0. The van der Waals surface area contributed by atoms with E-state index < -0.39 is 24.3 Å². The first-order chi connectivity index (χ1) is 37.1. The van der Waals surface area contributed by atoms with Crippen molar-refractivity contribution < 1.29 is 39.5 Å². The summed E-state index contributed by atoms with van der Waals surface area (Å²) in [6.45, 7) is 10.7. The Morgan fingerprint density at radius 3 is 0.935 bits per heavy atom. The molecule has 0 saturated heterocycles. The Hall–Kier alpha value is -2.11. The normalized spacial score (nSPS) is 12.8. The van der Waals surface area contributed by atoms with Crippen molar-refractivity contribution in [1.82, 2.24) is 5.32 Å². The molecular formula is C67H134N2O8. The van der Waals surface area contributed by atoms with E-state index in [0.717, 1.165) is 57.8 Å². The van der Waals surface area contributed by atoms with Gasteiger partial charge in [-0.2, -0.15) is 0 Å². The van der Waals surface area contributed by atoms with Crippen LogP contribution in [0.5, 0.6) is 0 Å². The van der Waals surface area contributed by atoms with Crippen molar-refractivity contribution in [3.05, 3.63) is 24.3 Å². The Labute approximate surface area is 478 Å². The summed E-state index contributed by atoms with van der Waals surface area (Å²) in [6.07, 6.45) is 63.1. The summed E-state index contributed by atoms with van der Waals surface area (Å²) < 4.78 is 4.86. The topological polar surface area (TPSA) is 179 Å². The van der Waals surface area contributed by atoms with E-state index in [0.29, 0.717) is 19.3 Å². The van der Waals surface area contributed by atoms with Crippen LogP contribution in [0.15, 0.2) is 24.3 Å². The maximum atomic E-state index is 12.1. The maximum absolute atomic E-state index is 12.1. The molecule has 0 aliphatic heterocycles. The molecule has 7 N–H and O–H groups in total. The monoisotopic (exact) mass is 1100 g/mol. The van der Waals surface area contributed by atoms with E-state index in [9.17, 15) is 29.7 Å². The number of unbranched alkanes of at least 4 members (excludes halogenated alkanes) is 40. The maximum Gasteiger partial charge on any atom is 0.313 e. The van der Waals surface area contributed by atoms with Crippen LogP contribution >= 0.6 is 0 Å². The van der Waals surface area contributed by atoms with E-state index in [2.05, 4.69) is 39.9 Å². The molecule has 0 fully saturated rings. The van der Waals surface area contributed by atoms with Gasteiger partial charge in [-0.05, 0) is 44.9 Å². The summed E-state index contributed by atoms with van der Waals surface area (Å²) in [5.41, 5.74) is 5.51. The summed E-state index contributed by atoms with van der Waals surface area (Å²) in [4.78, 5) is 35.2. The highest BCUT2D eigenvalue weighted by Gasteiger charge is 2.18. The molecule has 0 rings (SSSR count). The molecule has 0 aromatic carbocycles. The summed E-state index contributed by atoms with van der Waals surface area (Å²) >= 11 is 0. The second-order valence-electron chi connectivity index (χ2n) is 22.1. The van der Waals surface area contributed by atoms with Crippen LogP contribution in [0.2, 0.25) is 0 Å². The lowest BCUT2D eigenvalue weighted by Gasteiger charge is -2.20. The molecule has 0 saturated carbocycles. The van der Waals surface area contributed by atoms with E-state index >= 15 is 0 Å². The van der Waals surface area contributed by atoms with Crippen LogP contribution in [0.4, 0.5) is 0 Å². The van der Waals surface area contributed by atoms with Crippen LogP contribution < -0.4 is 11.1 Å². The van der Waals surface area contributed by atoms with Crippen LogP contribution in [-0.4, -0.2) is 75.8 Å². The molecule has 4 atom stereocenters. The van der Waals surface area contributed by atoms with Gasteiger partial charge in [0.1, 0.15) is 0 Å². The minimum absolute atomic E-state index is 0. The molecule has 0 aliphatic rings. The summed E-state index contributed by atoms with van der Waals surface area (Å²) in [5.74, 6) is -0.756. The minimum Gasteiger partial charge on any atom is -0.395 e. The Balaban J connectivity index is -0.000000531. The van der Waals surface area contributed by atoms with Gasteiger partial charge in [0, 0.05) is 19.3 Å². The van der Waals surface area contributed by atoms with Crippen molar-refractivity contribution in [2.24, 2.45) is 5.73 Å². The molecule has 0 radical (unpaired) electrons. The molecule has 10 heteroatoms. The van der Waals surface area contributed by atoms with Crippen molar-refractivity contribution in [3.8, 4) is 0 Å². The van der Waals surface area contributed by atoms with Crippen LogP contribution in [0.1, 0.15) is 350 Å². The highest BCUT2D eigenvalue weighted by atomic mass is 16.6.